The van der Waals surface area contributed by atoms with Gasteiger partial charge in [-0.05, 0) is 49.4 Å². The Kier molecular flexibility index (Phi) is 5.05. The number of hydrogen-bond donors (Lipinski definition) is 2. The summed E-state index contributed by atoms with van der Waals surface area (Å²) in [4.78, 5) is 0. The smallest absolute Gasteiger partial charge is 0.232 e. The second kappa shape index (κ2) is 6.59. The summed E-state index contributed by atoms with van der Waals surface area (Å²) in [7, 11) is -3.24. The minimum Gasteiger partial charge on any atom is -0.314 e. The largest absolute Gasteiger partial charge is 0.314 e. The molecule has 0 heterocycles. The van der Waals surface area contributed by atoms with Crippen LogP contribution in [0, 0.1) is 0 Å². The van der Waals surface area contributed by atoms with Crippen molar-refractivity contribution in [3.8, 4) is 0 Å². The van der Waals surface area contributed by atoms with Crippen LogP contribution in [0.2, 0.25) is 0 Å². The average molecular weight is 296 g/mol. The summed E-state index contributed by atoms with van der Waals surface area (Å²) in [6, 6.07) is 8.23. The molecule has 1 aromatic carbocycles. The van der Waals surface area contributed by atoms with Crippen molar-refractivity contribution in [2.45, 2.75) is 45.1 Å². The molecule has 1 aliphatic carbocycles. The fourth-order valence-corrected chi connectivity index (χ4v) is 3.14. The van der Waals surface area contributed by atoms with E-state index in [-0.39, 0.29) is 5.75 Å². The topological polar surface area (TPSA) is 58.2 Å². The van der Waals surface area contributed by atoms with Gasteiger partial charge in [0.15, 0.2) is 0 Å². The SMILES string of the molecule is CC(C)c1ccc(NS(=O)(=O)CCCNC2CC2)cc1. The normalized spacial score (nSPS) is 15.6. The highest BCUT2D eigenvalue weighted by atomic mass is 32.2. The van der Waals surface area contributed by atoms with Crippen LogP contribution in [-0.4, -0.2) is 26.8 Å². The first-order valence-corrected chi connectivity index (χ1v) is 8.95. The summed E-state index contributed by atoms with van der Waals surface area (Å²) in [5.74, 6) is 0.618. The molecule has 1 saturated carbocycles. The molecule has 2 rings (SSSR count). The standard InChI is InChI=1S/C15H24N2O2S/c1-12(2)13-4-6-15(7-5-13)17-20(18,19)11-3-10-16-14-8-9-14/h4-7,12,14,16-17H,3,8-11H2,1-2H3. The van der Waals surface area contributed by atoms with Crippen LogP contribution >= 0.6 is 0 Å². The number of nitrogens with one attached hydrogen (secondary N) is 2. The molecule has 0 aliphatic heterocycles. The first-order valence-electron chi connectivity index (χ1n) is 7.30. The van der Waals surface area contributed by atoms with E-state index in [1.165, 1.54) is 18.4 Å². The predicted molar refractivity (Wildman–Crippen MR) is 83.6 cm³/mol. The van der Waals surface area contributed by atoms with E-state index in [0.29, 0.717) is 24.1 Å². The van der Waals surface area contributed by atoms with Gasteiger partial charge in [-0.1, -0.05) is 26.0 Å². The van der Waals surface area contributed by atoms with Gasteiger partial charge in [0, 0.05) is 11.7 Å². The summed E-state index contributed by atoms with van der Waals surface area (Å²) in [6.07, 6.45) is 3.11. The number of sulfonamides is 1. The molecule has 0 atom stereocenters. The molecule has 0 bridgehead atoms. The zero-order valence-corrected chi connectivity index (χ0v) is 13.0. The maximum atomic E-state index is 11.9. The summed E-state index contributed by atoms with van der Waals surface area (Å²) >= 11 is 0. The highest BCUT2D eigenvalue weighted by molar-refractivity contribution is 7.92. The minimum absolute atomic E-state index is 0.165. The van der Waals surface area contributed by atoms with E-state index >= 15 is 0 Å². The molecular formula is C15H24N2O2S. The molecular weight excluding hydrogens is 272 g/mol. The number of hydrogen-bond acceptors (Lipinski definition) is 3. The Morgan fingerprint density at radius 2 is 1.85 bits per heavy atom. The first kappa shape index (κ1) is 15.3. The molecule has 0 aromatic heterocycles. The third kappa shape index (κ3) is 5.13. The Balaban J connectivity index is 1.80. The highest BCUT2D eigenvalue weighted by Gasteiger charge is 2.20. The van der Waals surface area contributed by atoms with Gasteiger partial charge in [0.25, 0.3) is 0 Å². The third-order valence-corrected chi connectivity index (χ3v) is 4.82. The Morgan fingerprint density at radius 3 is 2.40 bits per heavy atom. The van der Waals surface area contributed by atoms with Crippen LogP contribution in [0.25, 0.3) is 0 Å². The molecule has 1 aromatic rings. The molecule has 112 valence electrons. The molecule has 2 N–H and O–H groups in total. The van der Waals surface area contributed by atoms with Crippen molar-refractivity contribution in [3.05, 3.63) is 29.8 Å². The van der Waals surface area contributed by atoms with Crippen molar-refractivity contribution in [2.24, 2.45) is 0 Å². The summed E-state index contributed by atoms with van der Waals surface area (Å²) < 4.78 is 26.5. The van der Waals surface area contributed by atoms with Gasteiger partial charge in [-0.25, -0.2) is 8.42 Å². The maximum Gasteiger partial charge on any atom is 0.232 e. The van der Waals surface area contributed by atoms with Crippen LogP contribution in [0.1, 0.15) is 44.6 Å². The molecule has 4 nitrogen and oxygen atoms in total. The van der Waals surface area contributed by atoms with Gasteiger partial charge >= 0.3 is 0 Å². The highest BCUT2D eigenvalue weighted by Crippen LogP contribution is 2.19. The molecule has 20 heavy (non-hydrogen) atoms. The van der Waals surface area contributed by atoms with Gasteiger partial charge in [0.05, 0.1) is 5.75 Å². The molecule has 0 saturated heterocycles. The van der Waals surface area contributed by atoms with Crippen molar-refractivity contribution in [1.29, 1.82) is 0 Å². The maximum absolute atomic E-state index is 11.9. The lowest BCUT2D eigenvalue weighted by atomic mass is 10.0. The number of rotatable bonds is 8. The fourth-order valence-electron chi connectivity index (χ4n) is 2.02. The van der Waals surface area contributed by atoms with Crippen molar-refractivity contribution in [2.75, 3.05) is 17.0 Å². The predicted octanol–water partition coefficient (Wildman–Crippen LogP) is 2.69. The van der Waals surface area contributed by atoms with E-state index in [0.717, 1.165) is 6.54 Å². The Hall–Kier alpha value is -1.07. The lowest BCUT2D eigenvalue weighted by Crippen LogP contribution is -2.23. The lowest BCUT2D eigenvalue weighted by molar-refractivity contribution is 0.593. The van der Waals surface area contributed by atoms with Crippen LogP contribution in [0.3, 0.4) is 0 Å². The second-order valence-electron chi connectivity index (χ2n) is 5.78. The van der Waals surface area contributed by atoms with Gasteiger partial charge in [0.2, 0.25) is 10.0 Å². The van der Waals surface area contributed by atoms with E-state index in [9.17, 15) is 8.42 Å². The summed E-state index contributed by atoms with van der Waals surface area (Å²) in [5, 5.41) is 3.32. The molecule has 0 spiro atoms. The van der Waals surface area contributed by atoms with Gasteiger partial charge in [0.1, 0.15) is 0 Å². The molecule has 5 heteroatoms. The zero-order chi connectivity index (χ0) is 14.6. The van der Waals surface area contributed by atoms with Crippen molar-refractivity contribution < 1.29 is 8.42 Å². The van der Waals surface area contributed by atoms with Crippen LogP contribution in [0.5, 0.6) is 0 Å². The van der Waals surface area contributed by atoms with Crippen LogP contribution in [0.4, 0.5) is 5.69 Å². The second-order valence-corrected chi connectivity index (χ2v) is 7.62. The van der Waals surface area contributed by atoms with Gasteiger partial charge in [-0.2, -0.15) is 0 Å². The van der Waals surface area contributed by atoms with Crippen LogP contribution in [0.15, 0.2) is 24.3 Å². The summed E-state index contributed by atoms with van der Waals surface area (Å²) in [6.45, 7) is 5.01. The van der Waals surface area contributed by atoms with Gasteiger partial charge < -0.3 is 5.32 Å². The molecule has 1 fully saturated rings. The van der Waals surface area contributed by atoms with E-state index in [4.69, 9.17) is 0 Å². The Labute approximate surface area is 122 Å². The monoisotopic (exact) mass is 296 g/mol. The van der Waals surface area contributed by atoms with E-state index in [2.05, 4.69) is 23.9 Å². The van der Waals surface area contributed by atoms with Crippen molar-refractivity contribution in [3.63, 3.8) is 0 Å². The van der Waals surface area contributed by atoms with Crippen LogP contribution in [-0.2, 0) is 10.0 Å². The molecule has 0 unspecified atom stereocenters. The quantitative estimate of drug-likeness (QED) is 0.725. The van der Waals surface area contributed by atoms with Crippen LogP contribution < -0.4 is 10.0 Å². The van der Waals surface area contributed by atoms with Gasteiger partial charge in [-0.3, -0.25) is 4.72 Å². The molecule has 0 radical (unpaired) electrons. The van der Waals surface area contributed by atoms with E-state index < -0.39 is 10.0 Å². The summed E-state index contributed by atoms with van der Waals surface area (Å²) in [5.41, 5.74) is 1.85. The average Bonchev–Trinajstić information content (AvgIpc) is 3.19. The Morgan fingerprint density at radius 1 is 1.20 bits per heavy atom. The number of anilines is 1. The molecule has 0 amide bonds. The van der Waals surface area contributed by atoms with Crippen molar-refractivity contribution >= 4 is 15.7 Å². The fraction of sp³-hybridized carbons (Fsp3) is 0.600. The molecule has 1 aliphatic rings. The van der Waals surface area contributed by atoms with Gasteiger partial charge in [-0.15, -0.1) is 0 Å². The first-order chi connectivity index (χ1) is 9.46. The third-order valence-electron chi connectivity index (χ3n) is 3.45. The number of benzene rings is 1. The minimum atomic E-state index is -3.24. The van der Waals surface area contributed by atoms with E-state index in [1.54, 1.807) is 0 Å². The van der Waals surface area contributed by atoms with E-state index in [1.807, 2.05) is 24.3 Å². The lowest BCUT2D eigenvalue weighted by Gasteiger charge is -2.10. The Bertz CT molecular complexity index is 519. The van der Waals surface area contributed by atoms with Crippen molar-refractivity contribution in [1.82, 2.24) is 5.32 Å². The zero-order valence-electron chi connectivity index (χ0n) is 12.2.